The van der Waals surface area contributed by atoms with Crippen molar-refractivity contribution in [3.05, 3.63) is 35.5 Å². The summed E-state index contributed by atoms with van der Waals surface area (Å²) in [5, 5.41) is 14.5. The number of nitrogens with zero attached hydrogens (tertiary/aromatic N) is 3. The summed E-state index contributed by atoms with van der Waals surface area (Å²) in [7, 11) is 0. The van der Waals surface area contributed by atoms with Gasteiger partial charge in [0.05, 0.1) is 6.20 Å². The third kappa shape index (κ3) is 3.90. The lowest BCUT2D eigenvalue weighted by atomic mass is 9.98. The number of aryl methyl sites for hydroxylation is 1. The van der Waals surface area contributed by atoms with E-state index in [9.17, 15) is 0 Å². The Morgan fingerprint density at radius 1 is 1.24 bits per heavy atom. The van der Waals surface area contributed by atoms with Crippen LogP contribution in [0.3, 0.4) is 0 Å². The van der Waals surface area contributed by atoms with Crippen molar-refractivity contribution < 1.29 is 0 Å². The second-order valence-corrected chi connectivity index (χ2v) is 5.41. The van der Waals surface area contributed by atoms with Gasteiger partial charge >= 0.3 is 0 Å². The highest BCUT2D eigenvalue weighted by molar-refractivity contribution is 5.65. The topological polar surface area (TPSA) is 62.7 Å². The predicted molar refractivity (Wildman–Crippen MR) is 87.2 cm³/mol. The van der Waals surface area contributed by atoms with E-state index < -0.39 is 0 Å². The summed E-state index contributed by atoms with van der Waals surface area (Å²) in [5.41, 5.74) is 3.58. The molecule has 1 aromatic heterocycles. The van der Waals surface area contributed by atoms with Crippen molar-refractivity contribution in [1.82, 2.24) is 15.2 Å². The summed E-state index contributed by atoms with van der Waals surface area (Å²) in [6.45, 7) is 9.41. The predicted octanol–water partition coefficient (Wildman–Crippen LogP) is 3.87. The van der Waals surface area contributed by atoms with Crippen LogP contribution >= 0.6 is 0 Å². The molecular weight excluding hydrogens is 262 g/mol. The highest BCUT2D eigenvalue weighted by Crippen LogP contribution is 2.29. The molecule has 0 saturated heterocycles. The Hall–Kier alpha value is -2.17. The van der Waals surface area contributed by atoms with Crippen molar-refractivity contribution in [2.24, 2.45) is 0 Å². The molecule has 0 atom stereocenters. The molecule has 1 aromatic carbocycles. The third-order valence-corrected chi connectivity index (χ3v) is 3.27. The van der Waals surface area contributed by atoms with E-state index in [2.05, 4.69) is 71.7 Å². The van der Waals surface area contributed by atoms with Crippen molar-refractivity contribution in [2.75, 3.05) is 17.2 Å². The van der Waals surface area contributed by atoms with Gasteiger partial charge in [0, 0.05) is 12.2 Å². The lowest BCUT2D eigenvalue weighted by Gasteiger charge is -2.16. The fourth-order valence-corrected chi connectivity index (χ4v) is 2.15. The van der Waals surface area contributed by atoms with Crippen LogP contribution in [0.1, 0.15) is 44.2 Å². The molecule has 112 valence electrons. The Bertz CT molecular complexity index is 595. The van der Waals surface area contributed by atoms with Crippen LogP contribution in [-0.2, 0) is 0 Å². The minimum absolute atomic E-state index is 0.444. The molecule has 0 amide bonds. The molecule has 0 radical (unpaired) electrons. The van der Waals surface area contributed by atoms with Gasteiger partial charge in [-0.1, -0.05) is 39.0 Å². The van der Waals surface area contributed by atoms with Gasteiger partial charge in [-0.25, -0.2) is 0 Å². The summed E-state index contributed by atoms with van der Waals surface area (Å²) in [5.74, 6) is 1.71. The Morgan fingerprint density at radius 2 is 2.05 bits per heavy atom. The van der Waals surface area contributed by atoms with E-state index in [0.717, 1.165) is 18.7 Å². The molecular formula is C16H23N5. The molecule has 2 N–H and O–H groups in total. The first-order valence-corrected chi connectivity index (χ1v) is 7.42. The first-order chi connectivity index (χ1) is 10.1. The van der Waals surface area contributed by atoms with E-state index in [0.29, 0.717) is 17.7 Å². The molecule has 21 heavy (non-hydrogen) atoms. The zero-order valence-electron chi connectivity index (χ0n) is 13.1. The number of nitrogens with one attached hydrogen (secondary N) is 2. The van der Waals surface area contributed by atoms with E-state index in [-0.39, 0.29) is 0 Å². The van der Waals surface area contributed by atoms with E-state index in [1.165, 1.54) is 11.1 Å². The minimum atomic E-state index is 0.444. The lowest BCUT2D eigenvalue weighted by molar-refractivity contribution is 0.866. The molecule has 5 nitrogen and oxygen atoms in total. The van der Waals surface area contributed by atoms with Crippen molar-refractivity contribution in [1.29, 1.82) is 0 Å². The number of anilines is 3. The number of benzene rings is 1. The van der Waals surface area contributed by atoms with E-state index in [1.54, 1.807) is 6.20 Å². The Morgan fingerprint density at radius 3 is 2.76 bits per heavy atom. The molecule has 2 aromatic rings. The largest absolute Gasteiger partial charge is 0.353 e. The Labute approximate surface area is 126 Å². The van der Waals surface area contributed by atoms with Gasteiger partial charge in [0.25, 0.3) is 0 Å². The number of hydrogen-bond donors (Lipinski definition) is 2. The highest BCUT2D eigenvalue weighted by atomic mass is 15.3. The fraction of sp³-hybridized carbons (Fsp3) is 0.438. The molecule has 2 rings (SSSR count). The van der Waals surface area contributed by atoms with Crippen LogP contribution in [0.4, 0.5) is 17.5 Å². The molecule has 0 aliphatic carbocycles. The van der Waals surface area contributed by atoms with Gasteiger partial charge < -0.3 is 10.6 Å². The van der Waals surface area contributed by atoms with Gasteiger partial charge in [-0.05, 0) is 30.4 Å². The molecule has 0 bridgehead atoms. The van der Waals surface area contributed by atoms with E-state index in [4.69, 9.17) is 0 Å². The number of rotatable bonds is 6. The number of aromatic nitrogens is 3. The first-order valence-electron chi connectivity index (χ1n) is 7.42. The van der Waals surface area contributed by atoms with Gasteiger partial charge in [0.15, 0.2) is 5.82 Å². The van der Waals surface area contributed by atoms with Gasteiger partial charge in [0.2, 0.25) is 5.95 Å². The second kappa shape index (κ2) is 7.02. The van der Waals surface area contributed by atoms with E-state index >= 15 is 0 Å². The van der Waals surface area contributed by atoms with Gasteiger partial charge in [-0.3, -0.25) is 0 Å². The molecule has 1 heterocycles. The van der Waals surface area contributed by atoms with Crippen LogP contribution in [0.2, 0.25) is 0 Å². The van der Waals surface area contributed by atoms with Crippen LogP contribution < -0.4 is 10.6 Å². The zero-order valence-corrected chi connectivity index (χ0v) is 13.1. The van der Waals surface area contributed by atoms with Crippen molar-refractivity contribution in [3.63, 3.8) is 0 Å². The maximum atomic E-state index is 4.45. The monoisotopic (exact) mass is 285 g/mol. The third-order valence-electron chi connectivity index (χ3n) is 3.27. The molecule has 0 unspecified atom stereocenters. The molecule has 0 aliphatic rings. The highest BCUT2D eigenvalue weighted by Gasteiger charge is 2.10. The molecule has 0 aliphatic heterocycles. The SMILES string of the molecule is CCCNc1nncc(Nc2c(C)cccc2C(C)C)n1. The number of para-hydroxylation sites is 1. The summed E-state index contributed by atoms with van der Waals surface area (Å²) in [6.07, 6.45) is 2.67. The van der Waals surface area contributed by atoms with Crippen molar-refractivity contribution in [3.8, 4) is 0 Å². The standard InChI is InChI=1S/C16H23N5/c1-5-9-17-16-20-14(10-18-21-16)19-15-12(4)7-6-8-13(15)11(2)3/h6-8,10-11H,5,9H2,1-4H3,(H2,17,19,20,21). The Balaban J connectivity index is 2.26. The second-order valence-electron chi connectivity index (χ2n) is 5.41. The van der Waals surface area contributed by atoms with Crippen LogP contribution in [0.15, 0.2) is 24.4 Å². The smallest absolute Gasteiger partial charge is 0.244 e. The normalized spacial score (nSPS) is 10.7. The van der Waals surface area contributed by atoms with Gasteiger partial charge in [0.1, 0.15) is 0 Å². The van der Waals surface area contributed by atoms with Crippen LogP contribution in [0.25, 0.3) is 0 Å². The first kappa shape index (κ1) is 15.2. The zero-order chi connectivity index (χ0) is 15.2. The Kier molecular flexibility index (Phi) is 5.09. The summed E-state index contributed by atoms with van der Waals surface area (Å²) >= 11 is 0. The minimum Gasteiger partial charge on any atom is -0.353 e. The summed E-state index contributed by atoms with van der Waals surface area (Å²) in [4.78, 5) is 4.45. The lowest BCUT2D eigenvalue weighted by Crippen LogP contribution is -2.08. The van der Waals surface area contributed by atoms with Gasteiger partial charge in [-0.15, -0.1) is 5.10 Å². The van der Waals surface area contributed by atoms with Crippen molar-refractivity contribution in [2.45, 2.75) is 40.0 Å². The van der Waals surface area contributed by atoms with Crippen LogP contribution in [0, 0.1) is 6.92 Å². The maximum Gasteiger partial charge on any atom is 0.244 e. The summed E-state index contributed by atoms with van der Waals surface area (Å²) in [6, 6.07) is 6.33. The molecule has 0 fully saturated rings. The molecule has 5 heteroatoms. The van der Waals surface area contributed by atoms with Gasteiger partial charge in [-0.2, -0.15) is 10.1 Å². The molecule has 0 spiro atoms. The summed E-state index contributed by atoms with van der Waals surface area (Å²) < 4.78 is 0. The quantitative estimate of drug-likeness (QED) is 0.843. The maximum absolute atomic E-state index is 4.45. The average molecular weight is 285 g/mol. The van der Waals surface area contributed by atoms with Crippen LogP contribution in [0.5, 0.6) is 0 Å². The average Bonchev–Trinajstić information content (AvgIpc) is 2.47. The van der Waals surface area contributed by atoms with Crippen LogP contribution in [-0.4, -0.2) is 21.7 Å². The van der Waals surface area contributed by atoms with Crippen molar-refractivity contribution >= 4 is 17.5 Å². The fourth-order valence-electron chi connectivity index (χ4n) is 2.15. The molecule has 0 saturated carbocycles. The number of hydrogen-bond acceptors (Lipinski definition) is 5. The van der Waals surface area contributed by atoms with E-state index in [1.807, 2.05) is 0 Å².